The van der Waals surface area contributed by atoms with Gasteiger partial charge in [0.2, 0.25) is 10.0 Å². The van der Waals surface area contributed by atoms with E-state index < -0.39 is 10.0 Å². The minimum absolute atomic E-state index is 0.0448. The molecule has 0 bridgehead atoms. The summed E-state index contributed by atoms with van der Waals surface area (Å²) in [5.74, 6) is 1.48. The third kappa shape index (κ3) is 7.21. The second-order valence-electron chi connectivity index (χ2n) is 6.18. The number of nitrogens with one attached hydrogen (secondary N) is 3. The molecule has 0 atom stereocenters. The van der Waals surface area contributed by atoms with Gasteiger partial charge >= 0.3 is 0 Å². The normalized spacial score (nSPS) is 11.9. The average Bonchev–Trinajstić information content (AvgIpc) is 2.70. The highest BCUT2D eigenvalue weighted by Gasteiger charge is 2.08. The number of hydrogen-bond acceptors (Lipinski definition) is 4. The maximum atomic E-state index is 11.7. The highest BCUT2D eigenvalue weighted by molar-refractivity contribution is 7.88. The lowest BCUT2D eigenvalue weighted by Crippen LogP contribution is -2.36. The van der Waals surface area contributed by atoms with Crippen LogP contribution in [0, 0.1) is 0 Å². The molecule has 2 aromatic carbocycles. The molecule has 3 N–H and O–H groups in total. The van der Waals surface area contributed by atoms with Crippen molar-refractivity contribution in [2.45, 2.75) is 25.8 Å². The molecule has 28 heavy (non-hydrogen) atoms. The van der Waals surface area contributed by atoms with Crippen LogP contribution in [0.1, 0.15) is 23.6 Å². The molecular formula is C20H28N4O3S. The zero-order valence-corrected chi connectivity index (χ0v) is 17.3. The molecule has 0 aromatic heterocycles. The summed E-state index contributed by atoms with van der Waals surface area (Å²) in [6.07, 6.45) is 0. The van der Waals surface area contributed by atoms with Crippen LogP contribution in [0.2, 0.25) is 0 Å². The zero-order chi connectivity index (χ0) is 20.4. The van der Waals surface area contributed by atoms with Gasteiger partial charge < -0.3 is 15.4 Å². The highest BCUT2D eigenvalue weighted by atomic mass is 32.2. The Hall–Kier alpha value is -2.58. The molecule has 0 aliphatic heterocycles. The van der Waals surface area contributed by atoms with E-state index in [1.54, 1.807) is 13.2 Å². The van der Waals surface area contributed by atoms with E-state index in [2.05, 4.69) is 20.3 Å². The van der Waals surface area contributed by atoms with Crippen molar-refractivity contribution in [2.24, 2.45) is 4.99 Å². The van der Waals surface area contributed by atoms with Gasteiger partial charge in [-0.3, -0.25) is 0 Å². The van der Waals surface area contributed by atoms with Gasteiger partial charge in [0.25, 0.3) is 0 Å². The van der Waals surface area contributed by atoms with Crippen molar-refractivity contribution >= 4 is 16.0 Å². The van der Waals surface area contributed by atoms with Crippen molar-refractivity contribution in [2.75, 3.05) is 20.7 Å². The van der Waals surface area contributed by atoms with E-state index >= 15 is 0 Å². The fourth-order valence-electron chi connectivity index (χ4n) is 2.55. The lowest BCUT2D eigenvalue weighted by molar-refractivity contribution is 0.414. The number of methoxy groups -OCH3 is 1. The van der Waals surface area contributed by atoms with Crippen LogP contribution in [0.5, 0.6) is 5.75 Å². The van der Waals surface area contributed by atoms with Crippen LogP contribution in [-0.2, 0) is 28.9 Å². The van der Waals surface area contributed by atoms with Crippen LogP contribution < -0.4 is 20.1 Å². The van der Waals surface area contributed by atoms with Crippen LogP contribution in [0.4, 0.5) is 0 Å². The monoisotopic (exact) mass is 404 g/mol. The number of benzene rings is 2. The second kappa shape index (κ2) is 10.7. The Kier molecular flexibility index (Phi) is 8.28. The fraction of sp³-hybridized carbons (Fsp3) is 0.350. The quantitative estimate of drug-likeness (QED) is 0.439. The summed E-state index contributed by atoms with van der Waals surface area (Å²) in [4.78, 5) is 4.59. The van der Waals surface area contributed by atoms with Gasteiger partial charge in [-0.15, -0.1) is 0 Å². The maximum Gasteiger partial charge on any atom is 0.215 e. The van der Waals surface area contributed by atoms with Crippen molar-refractivity contribution in [3.8, 4) is 5.75 Å². The number of rotatable bonds is 9. The van der Waals surface area contributed by atoms with E-state index in [4.69, 9.17) is 4.74 Å². The number of ether oxygens (including phenoxy) is 1. The molecule has 2 rings (SSSR count). The van der Waals surface area contributed by atoms with E-state index in [9.17, 15) is 8.42 Å². The molecular weight excluding hydrogens is 376 g/mol. The third-order valence-corrected chi connectivity index (χ3v) is 5.38. The number of aliphatic imine (C=N–C) groups is 1. The Balaban J connectivity index is 2.01. The molecule has 0 saturated carbocycles. The Morgan fingerprint density at radius 2 is 1.75 bits per heavy atom. The van der Waals surface area contributed by atoms with E-state index in [0.717, 1.165) is 29.0 Å². The average molecular weight is 405 g/mol. The molecule has 0 spiro atoms. The van der Waals surface area contributed by atoms with Crippen LogP contribution in [0.25, 0.3) is 0 Å². The van der Waals surface area contributed by atoms with Gasteiger partial charge in [-0.05, 0) is 42.8 Å². The van der Waals surface area contributed by atoms with Crippen molar-refractivity contribution < 1.29 is 13.2 Å². The number of sulfonamides is 1. The molecule has 8 heteroatoms. The molecule has 0 amide bonds. The predicted octanol–water partition coefficient (Wildman–Crippen LogP) is 2.00. The SMILES string of the molecule is CCNC(=NCc1cccc(CS(=O)(=O)NC)c1)NCc1ccc(OC)cc1. The molecule has 0 aliphatic rings. The van der Waals surface area contributed by atoms with Crippen LogP contribution in [-0.4, -0.2) is 35.1 Å². The van der Waals surface area contributed by atoms with Gasteiger partial charge in [-0.2, -0.15) is 0 Å². The molecule has 0 unspecified atom stereocenters. The van der Waals surface area contributed by atoms with Crippen molar-refractivity contribution in [1.29, 1.82) is 0 Å². The van der Waals surface area contributed by atoms with Crippen molar-refractivity contribution in [3.63, 3.8) is 0 Å². The lowest BCUT2D eigenvalue weighted by Gasteiger charge is -2.12. The molecule has 152 valence electrons. The van der Waals surface area contributed by atoms with Gasteiger partial charge in [0.1, 0.15) is 5.75 Å². The van der Waals surface area contributed by atoms with Gasteiger partial charge in [-0.1, -0.05) is 36.4 Å². The summed E-state index contributed by atoms with van der Waals surface area (Å²) >= 11 is 0. The summed E-state index contributed by atoms with van der Waals surface area (Å²) in [7, 11) is -0.230. The topological polar surface area (TPSA) is 91.8 Å². The predicted molar refractivity (Wildman–Crippen MR) is 113 cm³/mol. The summed E-state index contributed by atoms with van der Waals surface area (Å²) in [5.41, 5.74) is 2.80. The van der Waals surface area contributed by atoms with E-state index in [1.807, 2.05) is 49.4 Å². The number of hydrogen-bond donors (Lipinski definition) is 3. The van der Waals surface area contributed by atoms with Gasteiger partial charge in [0, 0.05) is 13.1 Å². The lowest BCUT2D eigenvalue weighted by atomic mass is 10.1. The minimum atomic E-state index is -3.29. The molecule has 7 nitrogen and oxygen atoms in total. The molecule has 0 saturated heterocycles. The van der Waals surface area contributed by atoms with E-state index in [1.165, 1.54) is 7.05 Å². The van der Waals surface area contributed by atoms with E-state index in [-0.39, 0.29) is 5.75 Å². The standard InChI is InChI=1S/C20H28N4O3S/c1-4-22-20(23-13-16-8-10-19(27-3)11-9-16)24-14-17-6-5-7-18(12-17)15-28(25,26)21-2/h5-12,21H,4,13-15H2,1-3H3,(H2,22,23,24). The first-order valence-corrected chi connectivity index (χ1v) is 10.7. The summed E-state index contributed by atoms with van der Waals surface area (Å²) in [6, 6.07) is 15.3. The summed E-state index contributed by atoms with van der Waals surface area (Å²) in [6.45, 7) is 3.84. The third-order valence-electron chi connectivity index (χ3n) is 4.04. The number of guanidine groups is 1. The smallest absolute Gasteiger partial charge is 0.215 e. The molecule has 0 fully saturated rings. The fourth-order valence-corrected chi connectivity index (χ4v) is 3.31. The van der Waals surface area contributed by atoms with Crippen LogP contribution in [0.15, 0.2) is 53.5 Å². The zero-order valence-electron chi connectivity index (χ0n) is 16.5. The molecule has 0 aliphatic carbocycles. The first-order chi connectivity index (χ1) is 13.5. The summed E-state index contributed by atoms with van der Waals surface area (Å²) in [5, 5.41) is 6.51. The molecule has 2 aromatic rings. The highest BCUT2D eigenvalue weighted by Crippen LogP contribution is 2.11. The summed E-state index contributed by atoms with van der Waals surface area (Å²) < 4.78 is 31.0. The van der Waals surface area contributed by atoms with Crippen molar-refractivity contribution in [1.82, 2.24) is 15.4 Å². The first-order valence-electron chi connectivity index (χ1n) is 9.10. The minimum Gasteiger partial charge on any atom is -0.497 e. The Morgan fingerprint density at radius 1 is 1.04 bits per heavy atom. The largest absolute Gasteiger partial charge is 0.497 e. The first kappa shape index (κ1) is 21.7. The van der Waals surface area contributed by atoms with Gasteiger partial charge in [-0.25, -0.2) is 18.1 Å². The second-order valence-corrected chi connectivity index (χ2v) is 8.11. The van der Waals surface area contributed by atoms with Crippen molar-refractivity contribution in [3.05, 3.63) is 65.2 Å². The maximum absolute atomic E-state index is 11.7. The van der Waals surface area contributed by atoms with Crippen LogP contribution in [0.3, 0.4) is 0 Å². The Bertz CT molecular complexity index is 881. The van der Waals surface area contributed by atoms with E-state index in [0.29, 0.717) is 19.0 Å². The van der Waals surface area contributed by atoms with Crippen LogP contribution >= 0.6 is 0 Å². The Labute approximate surface area is 167 Å². The van der Waals surface area contributed by atoms with Gasteiger partial charge in [0.15, 0.2) is 5.96 Å². The molecule has 0 radical (unpaired) electrons. The van der Waals surface area contributed by atoms with Gasteiger partial charge in [0.05, 0.1) is 19.4 Å². The Morgan fingerprint density at radius 3 is 2.39 bits per heavy atom. The number of nitrogens with zero attached hydrogens (tertiary/aromatic N) is 1. The molecule has 0 heterocycles.